The average Bonchev–Trinajstić information content (AvgIpc) is 2.37. The molecule has 4 bridgehead atoms. The van der Waals surface area contributed by atoms with E-state index in [1.165, 1.54) is 38.5 Å². The van der Waals surface area contributed by atoms with Gasteiger partial charge >= 0.3 is 0 Å². The Kier molecular flexibility index (Phi) is 4.49. The van der Waals surface area contributed by atoms with Crippen molar-refractivity contribution in [2.45, 2.75) is 56.6 Å². The second-order valence-corrected chi connectivity index (χ2v) is 7.65. The highest BCUT2D eigenvalue weighted by Crippen LogP contribution is 2.55. The summed E-state index contributed by atoms with van der Waals surface area (Å²) >= 11 is 0. The minimum atomic E-state index is 0. The van der Waals surface area contributed by atoms with Crippen molar-refractivity contribution in [1.82, 2.24) is 10.6 Å². The Morgan fingerprint density at radius 2 is 1.76 bits per heavy atom. The van der Waals surface area contributed by atoms with Crippen molar-refractivity contribution in [2.75, 3.05) is 19.7 Å². The number of rotatable bonds is 3. The van der Waals surface area contributed by atoms with E-state index in [0.29, 0.717) is 6.42 Å². The normalized spacial score (nSPS) is 44.2. The molecule has 4 aliphatic carbocycles. The second-order valence-electron chi connectivity index (χ2n) is 7.65. The van der Waals surface area contributed by atoms with E-state index in [1.54, 1.807) is 0 Å². The van der Waals surface area contributed by atoms with Crippen LogP contribution in [0.25, 0.3) is 0 Å². The van der Waals surface area contributed by atoms with Crippen LogP contribution in [0.4, 0.5) is 0 Å². The Balaban J connectivity index is 0.00000132. The fraction of sp³-hybridized carbons (Fsp3) is 0.938. The van der Waals surface area contributed by atoms with Crippen molar-refractivity contribution in [2.24, 2.45) is 17.8 Å². The van der Waals surface area contributed by atoms with Crippen LogP contribution in [0.2, 0.25) is 0 Å². The number of carbonyl (C=O) groups is 1. The lowest BCUT2D eigenvalue weighted by Gasteiger charge is -2.57. The van der Waals surface area contributed by atoms with Crippen molar-refractivity contribution in [3.05, 3.63) is 0 Å². The quantitative estimate of drug-likeness (QED) is 0.836. The summed E-state index contributed by atoms with van der Waals surface area (Å²) in [6.45, 7) is 2.46. The lowest BCUT2D eigenvalue weighted by molar-refractivity contribution is -0.130. The first kappa shape index (κ1) is 15.6. The molecule has 0 spiro atoms. The highest BCUT2D eigenvalue weighted by Gasteiger charge is 2.51. The van der Waals surface area contributed by atoms with Gasteiger partial charge in [-0.3, -0.25) is 4.79 Å². The number of carbonyl (C=O) groups excluding carboxylic acids is 1. The van der Waals surface area contributed by atoms with Gasteiger partial charge in [0.25, 0.3) is 0 Å². The van der Waals surface area contributed by atoms with Gasteiger partial charge in [-0.1, -0.05) is 0 Å². The van der Waals surface area contributed by atoms with Gasteiger partial charge in [0.1, 0.15) is 0 Å². The molecule has 0 radical (unpaired) electrons. The number of hydrogen-bond acceptors (Lipinski definition) is 3. The molecule has 4 nitrogen and oxygen atoms in total. The summed E-state index contributed by atoms with van der Waals surface area (Å²) in [5, 5.41) is 6.72. The summed E-state index contributed by atoms with van der Waals surface area (Å²) in [7, 11) is 0. The van der Waals surface area contributed by atoms with E-state index in [4.69, 9.17) is 4.74 Å². The van der Waals surface area contributed by atoms with E-state index < -0.39 is 0 Å². The first-order valence-corrected chi connectivity index (χ1v) is 8.34. The maximum Gasteiger partial charge on any atom is 0.223 e. The third-order valence-corrected chi connectivity index (χ3v) is 5.86. The van der Waals surface area contributed by atoms with Crippen LogP contribution in [-0.2, 0) is 9.53 Å². The lowest BCUT2D eigenvalue weighted by atomic mass is 9.53. The lowest BCUT2D eigenvalue weighted by Crippen LogP contribution is -2.60. The smallest absolute Gasteiger partial charge is 0.223 e. The van der Waals surface area contributed by atoms with Crippen LogP contribution >= 0.6 is 12.4 Å². The van der Waals surface area contributed by atoms with Crippen LogP contribution in [0.15, 0.2) is 0 Å². The Labute approximate surface area is 133 Å². The minimum Gasteiger partial charge on any atom is -0.375 e. The molecule has 1 heterocycles. The van der Waals surface area contributed by atoms with Crippen molar-refractivity contribution < 1.29 is 9.53 Å². The van der Waals surface area contributed by atoms with Crippen molar-refractivity contribution in [3.8, 4) is 0 Å². The Bertz CT molecular complexity index is 360. The van der Waals surface area contributed by atoms with Crippen LogP contribution in [0.3, 0.4) is 0 Å². The summed E-state index contributed by atoms with van der Waals surface area (Å²) in [6, 6.07) is 0. The highest BCUT2D eigenvalue weighted by molar-refractivity contribution is 5.85. The Morgan fingerprint density at radius 3 is 2.29 bits per heavy atom. The predicted molar refractivity (Wildman–Crippen MR) is 83.5 cm³/mol. The van der Waals surface area contributed by atoms with E-state index in [1.807, 2.05) is 0 Å². The van der Waals surface area contributed by atoms with Gasteiger partial charge in [-0.2, -0.15) is 0 Å². The van der Waals surface area contributed by atoms with E-state index in [9.17, 15) is 4.79 Å². The molecule has 0 aromatic rings. The molecule has 21 heavy (non-hydrogen) atoms. The second kappa shape index (κ2) is 6.05. The van der Waals surface area contributed by atoms with Crippen molar-refractivity contribution in [1.29, 1.82) is 0 Å². The molecular formula is C16H27ClN2O2. The first-order valence-electron chi connectivity index (χ1n) is 8.34. The first-order chi connectivity index (χ1) is 9.71. The number of hydrogen-bond donors (Lipinski definition) is 2. The molecule has 5 fully saturated rings. The summed E-state index contributed by atoms with van der Waals surface area (Å²) < 4.78 is 5.65. The third kappa shape index (κ3) is 3.22. The third-order valence-electron chi connectivity index (χ3n) is 5.86. The van der Waals surface area contributed by atoms with E-state index in [0.717, 1.165) is 37.5 Å². The summed E-state index contributed by atoms with van der Waals surface area (Å²) in [5.41, 5.74) is 0.147. The van der Waals surface area contributed by atoms with E-state index >= 15 is 0 Å². The SMILES string of the molecule is Cl.O=C(CC1CNCCO1)NC12CC3CC(CC(C3)C1)C2. The standard InChI is InChI=1S/C16H26N2O2.ClH/c19-15(6-14-10-17-1-2-20-14)18-16-7-11-3-12(8-16)5-13(4-11)9-16;/h11-14,17H,1-10H2,(H,18,19);1H. The topological polar surface area (TPSA) is 50.4 Å². The molecule has 5 aliphatic rings. The molecule has 5 rings (SSSR count). The van der Waals surface area contributed by atoms with E-state index in [-0.39, 0.29) is 30.0 Å². The summed E-state index contributed by atoms with van der Waals surface area (Å²) in [6.07, 6.45) is 8.55. The van der Waals surface area contributed by atoms with E-state index in [2.05, 4.69) is 10.6 Å². The molecule has 4 saturated carbocycles. The zero-order valence-electron chi connectivity index (χ0n) is 12.6. The zero-order valence-corrected chi connectivity index (χ0v) is 13.4. The van der Waals surface area contributed by atoms with Gasteiger partial charge in [0, 0.05) is 18.6 Å². The zero-order chi connectivity index (χ0) is 13.6. The van der Waals surface area contributed by atoms with Gasteiger partial charge in [0.15, 0.2) is 0 Å². The summed E-state index contributed by atoms with van der Waals surface area (Å²) in [4.78, 5) is 12.4. The maximum absolute atomic E-state index is 12.4. The van der Waals surface area contributed by atoms with Crippen LogP contribution in [0.5, 0.6) is 0 Å². The molecule has 1 aliphatic heterocycles. The van der Waals surface area contributed by atoms with Crippen molar-refractivity contribution >= 4 is 18.3 Å². The number of nitrogens with one attached hydrogen (secondary N) is 2. The Hall–Kier alpha value is -0.320. The molecule has 5 heteroatoms. The number of ether oxygens (including phenoxy) is 1. The van der Waals surface area contributed by atoms with Gasteiger partial charge in [-0.15, -0.1) is 12.4 Å². The highest BCUT2D eigenvalue weighted by atomic mass is 35.5. The van der Waals surface area contributed by atoms with Gasteiger partial charge in [-0.25, -0.2) is 0 Å². The molecular weight excluding hydrogens is 288 g/mol. The molecule has 120 valence electrons. The maximum atomic E-state index is 12.4. The van der Waals surface area contributed by atoms with Crippen LogP contribution in [0, 0.1) is 17.8 Å². The average molecular weight is 315 g/mol. The van der Waals surface area contributed by atoms with Crippen LogP contribution in [-0.4, -0.2) is 37.2 Å². The number of amides is 1. The fourth-order valence-corrected chi connectivity index (χ4v) is 5.57. The molecule has 1 amide bonds. The van der Waals surface area contributed by atoms with Crippen LogP contribution < -0.4 is 10.6 Å². The minimum absolute atomic E-state index is 0. The molecule has 1 saturated heterocycles. The summed E-state index contributed by atoms with van der Waals surface area (Å²) in [5.74, 6) is 2.86. The van der Waals surface area contributed by atoms with Gasteiger partial charge in [0.2, 0.25) is 5.91 Å². The fourth-order valence-electron chi connectivity index (χ4n) is 5.57. The molecule has 1 unspecified atom stereocenters. The van der Waals surface area contributed by atoms with Crippen LogP contribution in [0.1, 0.15) is 44.9 Å². The van der Waals surface area contributed by atoms with Crippen molar-refractivity contribution in [3.63, 3.8) is 0 Å². The van der Waals surface area contributed by atoms with Gasteiger partial charge in [-0.05, 0) is 56.3 Å². The Morgan fingerprint density at radius 1 is 1.14 bits per heavy atom. The molecule has 1 atom stereocenters. The largest absolute Gasteiger partial charge is 0.375 e. The predicted octanol–water partition coefficient (Wildman–Crippen LogP) is 1.87. The number of morpholine rings is 1. The molecule has 0 aromatic heterocycles. The number of halogens is 1. The monoisotopic (exact) mass is 314 g/mol. The molecule has 2 N–H and O–H groups in total. The molecule has 0 aromatic carbocycles. The van der Waals surface area contributed by atoms with Gasteiger partial charge in [0.05, 0.1) is 19.1 Å². The van der Waals surface area contributed by atoms with Gasteiger partial charge < -0.3 is 15.4 Å².